The summed E-state index contributed by atoms with van der Waals surface area (Å²) in [4.78, 5) is 16.3. The summed E-state index contributed by atoms with van der Waals surface area (Å²) < 4.78 is 51.3. The van der Waals surface area contributed by atoms with Crippen molar-refractivity contribution in [3.63, 3.8) is 0 Å². The first-order valence-electron chi connectivity index (χ1n) is 8.95. The van der Waals surface area contributed by atoms with Gasteiger partial charge in [0.15, 0.2) is 6.29 Å². The van der Waals surface area contributed by atoms with Gasteiger partial charge in [-0.15, -0.1) is 0 Å². The monoisotopic (exact) mass is 380 g/mol. The van der Waals surface area contributed by atoms with Crippen molar-refractivity contribution in [3.8, 4) is 0 Å². The molecule has 1 saturated heterocycles. The van der Waals surface area contributed by atoms with Crippen LogP contribution < -0.4 is 5.32 Å². The molecule has 5 nitrogen and oxygen atoms in total. The number of benzene rings is 1. The number of pyridine rings is 1. The molecule has 2 fully saturated rings. The minimum atomic E-state index is -4.53. The summed E-state index contributed by atoms with van der Waals surface area (Å²) >= 11 is 0. The number of fused-ring (bicyclic) bond motifs is 1. The molecular weight excluding hydrogens is 361 g/mol. The zero-order valence-electron chi connectivity index (χ0n) is 14.5. The second-order valence-corrected chi connectivity index (χ2v) is 6.84. The van der Waals surface area contributed by atoms with E-state index in [1.54, 1.807) is 6.07 Å². The van der Waals surface area contributed by atoms with E-state index in [1.807, 2.05) is 0 Å². The lowest BCUT2D eigenvalue weighted by atomic mass is 10.0. The molecule has 1 N–H and O–H groups in total. The molecule has 1 amide bonds. The fourth-order valence-corrected chi connectivity index (χ4v) is 3.17. The van der Waals surface area contributed by atoms with Crippen LogP contribution in [-0.4, -0.2) is 36.9 Å². The molecule has 0 radical (unpaired) electrons. The van der Waals surface area contributed by atoms with Gasteiger partial charge in [0.2, 0.25) is 0 Å². The summed E-state index contributed by atoms with van der Waals surface area (Å²) in [6.07, 6.45) is -2.48. The van der Waals surface area contributed by atoms with Crippen LogP contribution in [0.15, 0.2) is 24.3 Å². The summed E-state index contributed by atoms with van der Waals surface area (Å²) in [6.45, 7) is 1.21. The third kappa shape index (κ3) is 4.06. The van der Waals surface area contributed by atoms with Crippen molar-refractivity contribution in [2.75, 3.05) is 19.8 Å². The zero-order chi connectivity index (χ0) is 19.0. The SMILES string of the molecule is O=C(NCC1OCCCO1)c1ccc2cc(C3CC3)cc(C(F)(F)F)c2n1. The standard InChI is InChI=1S/C19H19F3N2O3/c20-19(21,22)14-9-13(11-2-3-11)8-12-4-5-15(24-17(12)14)18(25)23-10-16-26-6-1-7-27-16/h4-5,8-9,11,16H,1-3,6-7,10H2,(H,23,25). The van der Waals surface area contributed by atoms with Gasteiger partial charge in [-0.1, -0.05) is 6.07 Å². The van der Waals surface area contributed by atoms with Crippen LogP contribution in [0, 0.1) is 0 Å². The minimum absolute atomic E-state index is 0.0667. The van der Waals surface area contributed by atoms with E-state index in [0.29, 0.717) is 24.2 Å². The second-order valence-electron chi connectivity index (χ2n) is 6.84. The first kappa shape index (κ1) is 18.2. The third-order valence-corrected chi connectivity index (χ3v) is 4.73. The summed E-state index contributed by atoms with van der Waals surface area (Å²) in [5, 5.41) is 2.99. The molecule has 1 aliphatic carbocycles. The van der Waals surface area contributed by atoms with Gasteiger partial charge in [0.1, 0.15) is 5.69 Å². The first-order valence-corrected chi connectivity index (χ1v) is 8.95. The van der Waals surface area contributed by atoms with Crippen LogP contribution in [-0.2, 0) is 15.7 Å². The van der Waals surface area contributed by atoms with Crippen molar-refractivity contribution in [3.05, 3.63) is 41.1 Å². The number of ether oxygens (including phenoxy) is 2. The highest BCUT2D eigenvalue weighted by atomic mass is 19.4. The second kappa shape index (κ2) is 7.09. The van der Waals surface area contributed by atoms with Gasteiger partial charge in [0, 0.05) is 5.39 Å². The van der Waals surface area contributed by atoms with E-state index < -0.39 is 23.9 Å². The van der Waals surface area contributed by atoms with Crippen molar-refractivity contribution < 1.29 is 27.4 Å². The molecule has 0 spiro atoms. The van der Waals surface area contributed by atoms with Crippen LogP contribution >= 0.6 is 0 Å². The molecule has 1 saturated carbocycles. The minimum Gasteiger partial charge on any atom is -0.351 e. The van der Waals surface area contributed by atoms with E-state index in [1.165, 1.54) is 18.2 Å². The normalized spacial score (nSPS) is 18.6. The maximum atomic E-state index is 13.5. The lowest BCUT2D eigenvalue weighted by Crippen LogP contribution is -2.38. The molecule has 8 heteroatoms. The molecule has 144 valence electrons. The highest BCUT2D eigenvalue weighted by molar-refractivity contribution is 5.95. The maximum absolute atomic E-state index is 13.5. The zero-order valence-corrected chi connectivity index (χ0v) is 14.5. The Morgan fingerprint density at radius 2 is 1.93 bits per heavy atom. The van der Waals surface area contributed by atoms with E-state index in [2.05, 4.69) is 10.3 Å². The number of amides is 1. The van der Waals surface area contributed by atoms with Crippen molar-refractivity contribution in [2.24, 2.45) is 0 Å². The number of hydrogen-bond acceptors (Lipinski definition) is 4. The number of rotatable bonds is 4. The molecule has 2 aromatic rings. The van der Waals surface area contributed by atoms with E-state index in [4.69, 9.17) is 9.47 Å². The molecular formula is C19H19F3N2O3. The molecule has 0 unspecified atom stereocenters. The highest BCUT2D eigenvalue weighted by Gasteiger charge is 2.36. The Hall–Kier alpha value is -2.19. The van der Waals surface area contributed by atoms with Gasteiger partial charge in [0.05, 0.1) is 30.8 Å². The number of carbonyl (C=O) groups is 1. The molecule has 27 heavy (non-hydrogen) atoms. The largest absolute Gasteiger partial charge is 0.418 e. The van der Waals surface area contributed by atoms with Crippen molar-refractivity contribution in [2.45, 2.75) is 37.6 Å². The van der Waals surface area contributed by atoms with Gasteiger partial charge in [0.25, 0.3) is 5.91 Å². The predicted octanol–water partition coefficient (Wildman–Crippen LogP) is 3.62. The van der Waals surface area contributed by atoms with Gasteiger partial charge < -0.3 is 14.8 Å². The van der Waals surface area contributed by atoms with Crippen LogP contribution in [0.5, 0.6) is 0 Å². The van der Waals surface area contributed by atoms with E-state index in [9.17, 15) is 18.0 Å². The van der Waals surface area contributed by atoms with Gasteiger partial charge in [-0.3, -0.25) is 4.79 Å². The molecule has 0 bridgehead atoms. The Kier molecular flexibility index (Phi) is 4.77. The molecule has 1 aromatic heterocycles. The number of nitrogens with zero attached hydrogens (tertiary/aromatic N) is 1. The number of carbonyl (C=O) groups excluding carboxylic acids is 1. The smallest absolute Gasteiger partial charge is 0.351 e. The fourth-order valence-electron chi connectivity index (χ4n) is 3.17. The summed E-state index contributed by atoms with van der Waals surface area (Å²) in [7, 11) is 0. The molecule has 0 atom stereocenters. The average Bonchev–Trinajstić information content (AvgIpc) is 3.50. The number of hydrogen-bond donors (Lipinski definition) is 1. The topological polar surface area (TPSA) is 60.5 Å². The van der Waals surface area contributed by atoms with Gasteiger partial charge in [-0.25, -0.2) is 4.98 Å². The van der Waals surface area contributed by atoms with Crippen LogP contribution in [0.4, 0.5) is 13.2 Å². The lowest BCUT2D eigenvalue weighted by Gasteiger charge is -2.23. The van der Waals surface area contributed by atoms with Gasteiger partial charge in [-0.05, 0) is 48.9 Å². The summed E-state index contributed by atoms with van der Waals surface area (Å²) in [5.74, 6) is -0.372. The Labute approximate surface area is 153 Å². The predicted molar refractivity (Wildman–Crippen MR) is 91.4 cm³/mol. The maximum Gasteiger partial charge on any atom is 0.418 e. The average molecular weight is 380 g/mol. The van der Waals surface area contributed by atoms with Crippen LogP contribution in [0.2, 0.25) is 0 Å². The Morgan fingerprint density at radius 1 is 1.19 bits per heavy atom. The van der Waals surface area contributed by atoms with Crippen LogP contribution in [0.1, 0.15) is 46.8 Å². The van der Waals surface area contributed by atoms with E-state index in [0.717, 1.165) is 19.3 Å². The number of alkyl halides is 3. The molecule has 2 heterocycles. The van der Waals surface area contributed by atoms with Crippen molar-refractivity contribution in [1.82, 2.24) is 10.3 Å². The third-order valence-electron chi connectivity index (χ3n) is 4.73. The number of halogens is 3. The molecule has 4 rings (SSSR count). The molecule has 2 aliphatic rings. The number of aromatic nitrogens is 1. The van der Waals surface area contributed by atoms with Crippen LogP contribution in [0.25, 0.3) is 10.9 Å². The summed E-state index contributed by atoms with van der Waals surface area (Å²) in [6, 6.07) is 5.86. The lowest BCUT2D eigenvalue weighted by molar-refractivity contribution is -0.174. The highest BCUT2D eigenvalue weighted by Crippen LogP contribution is 2.44. The molecule has 1 aromatic carbocycles. The fraction of sp³-hybridized carbons (Fsp3) is 0.474. The number of nitrogens with one attached hydrogen (secondary N) is 1. The Balaban J connectivity index is 1.60. The van der Waals surface area contributed by atoms with E-state index in [-0.39, 0.29) is 23.7 Å². The Bertz CT molecular complexity index is 859. The van der Waals surface area contributed by atoms with E-state index >= 15 is 0 Å². The summed E-state index contributed by atoms with van der Waals surface area (Å²) in [5.41, 5.74) is -0.386. The van der Waals surface area contributed by atoms with Crippen molar-refractivity contribution in [1.29, 1.82) is 0 Å². The Morgan fingerprint density at radius 3 is 2.59 bits per heavy atom. The quantitative estimate of drug-likeness (QED) is 0.880. The molecule has 1 aliphatic heterocycles. The first-order chi connectivity index (χ1) is 12.9. The van der Waals surface area contributed by atoms with Crippen molar-refractivity contribution >= 4 is 16.8 Å². The van der Waals surface area contributed by atoms with Gasteiger partial charge in [-0.2, -0.15) is 13.2 Å². The van der Waals surface area contributed by atoms with Gasteiger partial charge >= 0.3 is 6.18 Å². The van der Waals surface area contributed by atoms with Crippen LogP contribution in [0.3, 0.4) is 0 Å².